The molecule has 0 amide bonds. The van der Waals surface area contributed by atoms with E-state index in [4.69, 9.17) is 10.6 Å². The molecule has 2 rings (SSSR count). The van der Waals surface area contributed by atoms with Crippen molar-refractivity contribution in [2.75, 3.05) is 6.61 Å². The van der Waals surface area contributed by atoms with Gasteiger partial charge in [0.2, 0.25) is 0 Å². The molecule has 1 aromatic rings. The average molecular weight is 276 g/mol. The van der Waals surface area contributed by atoms with Gasteiger partial charge in [0.05, 0.1) is 6.61 Å². The smallest absolute Gasteiger partial charge is 0.119 e. The van der Waals surface area contributed by atoms with Crippen LogP contribution in [0.2, 0.25) is 0 Å². The molecule has 0 spiro atoms. The number of hydrogen-bond acceptors (Lipinski definition) is 3. The van der Waals surface area contributed by atoms with Gasteiger partial charge in [-0.05, 0) is 43.4 Å². The largest absolute Gasteiger partial charge is 0.494 e. The molecule has 0 aromatic heterocycles. The monoisotopic (exact) mass is 276 g/mol. The lowest BCUT2D eigenvalue weighted by Crippen LogP contribution is -2.28. The summed E-state index contributed by atoms with van der Waals surface area (Å²) in [5.74, 6) is 7.58. The third-order valence-electron chi connectivity index (χ3n) is 4.36. The number of hydrogen-bond donors (Lipinski definition) is 2. The Morgan fingerprint density at radius 2 is 2.10 bits per heavy atom. The Balaban J connectivity index is 1.91. The lowest BCUT2D eigenvalue weighted by Gasteiger charge is -2.24. The zero-order valence-electron chi connectivity index (χ0n) is 12.6. The van der Waals surface area contributed by atoms with Gasteiger partial charge in [-0.25, -0.2) is 0 Å². The molecule has 1 aromatic carbocycles. The van der Waals surface area contributed by atoms with Gasteiger partial charge in [-0.15, -0.1) is 0 Å². The Kier molecular flexibility index (Phi) is 6.34. The summed E-state index contributed by atoms with van der Waals surface area (Å²) in [5, 5.41) is 0. The summed E-state index contributed by atoms with van der Waals surface area (Å²) in [6, 6.07) is 8.52. The standard InChI is InChI=1S/C17H28N2O/c1-2-20-16-10-6-9-15(13-16)17(19-18)12-11-14-7-4-3-5-8-14/h6,9-10,13-14,17,19H,2-5,7-8,11-12,18H2,1H3. The maximum Gasteiger partial charge on any atom is 0.119 e. The zero-order valence-corrected chi connectivity index (χ0v) is 12.6. The Hall–Kier alpha value is -1.06. The highest BCUT2D eigenvalue weighted by Crippen LogP contribution is 2.30. The molecule has 1 unspecified atom stereocenters. The molecule has 0 bridgehead atoms. The van der Waals surface area contributed by atoms with Gasteiger partial charge < -0.3 is 4.74 Å². The minimum absolute atomic E-state index is 0.234. The fourth-order valence-electron chi connectivity index (χ4n) is 3.21. The highest BCUT2D eigenvalue weighted by atomic mass is 16.5. The molecule has 0 radical (unpaired) electrons. The second-order valence-electron chi connectivity index (χ2n) is 5.81. The summed E-state index contributed by atoms with van der Waals surface area (Å²) in [6.07, 6.45) is 9.42. The van der Waals surface area contributed by atoms with Crippen molar-refractivity contribution >= 4 is 0 Å². The van der Waals surface area contributed by atoms with E-state index in [1.807, 2.05) is 19.1 Å². The minimum Gasteiger partial charge on any atom is -0.494 e. The molecule has 112 valence electrons. The number of benzene rings is 1. The highest BCUT2D eigenvalue weighted by Gasteiger charge is 2.17. The first-order chi connectivity index (χ1) is 9.83. The van der Waals surface area contributed by atoms with Crippen LogP contribution in [0.4, 0.5) is 0 Å². The summed E-state index contributed by atoms with van der Waals surface area (Å²) in [6.45, 7) is 2.71. The Bertz CT molecular complexity index is 388. The summed E-state index contributed by atoms with van der Waals surface area (Å²) in [7, 11) is 0. The van der Waals surface area contributed by atoms with Crippen molar-refractivity contribution in [2.24, 2.45) is 11.8 Å². The maximum atomic E-state index is 5.75. The fraction of sp³-hybridized carbons (Fsp3) is 0.647. The average Bonchev–Trinajstić information content (AvgIpc) is 2.50. The van der Waals surface area contributed by atoms with E-state index >= 15 is 0 Å². The minimum atomic E-state index is 0.234. The number of nitrogens with one attached hydrogen (secondary N) is 1. The van der Waals surface area contributed by atoms with E-state index < -0.39 is 0 Å². The van der Waals surface area contributed by atoms with E-state index in [-0.39, 0.29) is 6.04 Å². The molecule has 1 fully saturated rings. The van der Waals surface area contributed by atoms with Crippen LogP contribution in [-0.2, 0) is 0 Å². The predicted octanol–water partition coefficient (Wildman–Crippen LogP) is 3.95. The second-order valence-corrected chi connectivity index (χ2v) is 5.81. The number of hydrazine groups is 1. The molecular weight excluding hydrogens is 248 g/mol. The van der Waals surface area contributed by atoms with Crippen LogP contribution in [0.1, 0.15) is 63.5 Å². The van der Waals surface area contributed by atoms with Gasteiger partial charge in [-0.1, -0.05) is 44.2 Å². The van der Waals surface area contributed by atoms with Gasteiger partial charge in [0.1, 0.15) is 5.75 Å². The first-order valence-corrected chi connectivity index (χ1v) is 8.02. The maximum absolute atomic E-state index is 5.75. The van der Waals surface area contributed by atoms with Crippen LogP contribution in [0, 0.1) is 5.92 Å². The van der Waals surface area contributed by atoms with Crippen LogP contribution in [0.25, 0.3) is 0 Å². The topological polar surface area (TPSA) is 47.3 Å². The van der Waals surface area contributed by atoms with Crippen LogP contribution >= 0.6 is 0 Å². The Labute approximate surface area is 122 Å². The van der Waals surface area contributed by atoms with Gasteiger partial charge in [0.25, 0.3) is 0 Å². The molecule has 3 N–H and O–H groups in total. The molecular formula is C17H28N2O. The third kappa shape index (κ3) is 4.50. The quantitative estimate of drug-likeness (QED) is 0.585. The van der Waals surface area contributed by atoms with Crippen molar-refractivity contribution in [1.29, 1.82) is 0 Å². The van der Waals surface area contributed by atoms with Crippen molar-refractivity contribution < 1.29 is 4.74 Å². The molecule has 0 saturated heterocycles. The number of ether oxygens (including phenoxy) is 1. The number of nitrogens with two attached hydrogens (primary N) is 1. The van der Waals surface area contributed by atoms with Gasteiger partial charge in [-0.2, -0.15) is 0 Å². The fourth-order valence-corrected chi connectivity index (χ4v) is 3.21. The predicted molar refractivity (Wildman–Crippen MR) is 83.5 cm³/mol. The van der Waals surface area contributed by atoms with E-state index in [1.165, 1.54) is 44.1 Å². The van der Waals surface area contributed by atoms with E-state index in [1.54, 1.807) is 0 Å². The molecule has 1 saturated carbocycles. The van der Waals surface area contributed by atoms with Crippen molar-refractivity contribution in [2.45, 2.75) is 57.9 Å². The molecule has 1 aliphatic rings. The summed E-state index contributed by atoms with van der Waals surface area (Å²) >= 11 is 0. The van der Waals surface area contributed by atoms with Crippen LogP contribution in [0.15, 0.2) is 24.3 Å². The lowest BCUT2D eigenvalue weighted by atomic mass is 9.84. The van der Waals surface area contributed by atoms with Crippen molar-refractivity contribution in [3.63, 3.8) is 0 Å². The summed E-state index contributed by atoms with van der Waals surface area (Å²) in [4.78, 5) is 0. The van der Waals surface area contributed by atoms with E-state index in [2.05, 4.69) is 17.6 Å². The lowest BCUT2D eigenvalue weighted by molar-refractivity contribution is 0.314. The Morgan fingerprint density at radius 1 is 1.30 bits per heavy atom. The van der Waals surface area contributed by atoms with Crippen LogP contribution in [-0.4, -0.2) is 6.61 Å². The molecule has 0 aliphatic heterocycles. The first-order valence-electron chi connectivity index (χ1n) is 8.02. The summed E-state index contributed by atoms with van der Waals surface area (Å²) < 4.78 is 5.57. The van der Waals surface area contributed by atoms with E-state index in [0.717, 1.165) is 18.1 Å². The van der Waals surface area contributed by atoms with Crippen LogP contribution in [0.5, 0.6) is 5.75 Å². The highest BCUT2D eigenvalue weighted by molar-refractivity contribution is 5.30. The van der Waals surface area contributed by atoms with Gasteiger partial charge >= 0.3 is 0 Å². The van der Waals surface area contributed by atoms with Crippen LogP contribution in [0.3, 0.4) is 0 Å². The first kappa shape index (κ1) is 15.3. The van der Waals surface area contributed by atoms with E-state index in [9.17, 15) is 0 Å². The molecule has 20 heavy (non-hydrogen) atoms. The van der Waals surface area contributed by atoms with Gasteiger partial charge in [-0.3, -0.25) is 11.3 Å². The molecule has 3 heteroatoms. The summed E-state index contributed by atoms with van der Waals surface area (Å²) in [5.41, 5.74) is 4.20. The van der Waals surface area contributed by atoms with Crippen molar-refractivity contribution in [3.8, 4) is 5.75 Å². The third-order valence-corrected chi connectivity index (χ3v) is 4.36. The molecule has 0 heterocycles. The molecule has 1 aliphatic carbocycles. The number of rotatable bonds is 7. The van der Waals surface area contributed by atoms with Crippen LogP contribution < -0.4 is 16.0 Å². The van der Waals surface area contributed by atoms with Crippen molar-refractivity contribution in [3.05, 3.63) is 29.8 Å². The van der Waals surface area contributed by atoms with Gasteiger partial charge in [0, 0.05) is 6.04 Å². The normalized spacial score (nSPS) is 17.9. The SMILES string of the molecule is CCOc1cccc(C(CCC2CCCCC2)NN)c1. The van der Waals surface area contributed by atoms with E-state index in [0.29, 0.717) is 6.61 Å². The molecule has 1 atom stereocenters. The van der Waals surface area contributed by atoms with Crippen molar-refractivity contribution in [1.82, 2.24) is 5.43 Å². The molecule has 3 nitrogen and oxygen atoms in total. The Morgan fingerprint density at radius 3 is 2.80 bits per heavy atom. The zero-order chi connectivity index (χ0) is 14.2. The van der Waals surface area contributed by atoms with Gasteiger partial charge in [0.15, 0.2) is 0 Å². The second kappa shape index (κ2) is 8.28.